The molecule has 0 saturated heterocycles. The summed E-state index contributed by atoms with van der Waals surface area (Å²) in [6, 6.07) is 11.4. The van der Waals surface area contributed by atoms with E-state index in [4.69, 9.17) is 5.11 Å². The van der Waals surface area contributed by atoms with Gasteiger partial charge >= 0.3 is 5.97 Å². The quantitative estimate of drug-likeness (QED) is 0.887. The molecule has 0 amide bonds. The summed E-state index contributed by atoms with van der Waals surface area (Å²) in [5.74, 6) is -0.973. The number of nitrogens with one attached hydrogen (secondary N) is 1. The fourth-order valence-corrected chi connectivity index (χ4v) is 3.81. The summed E-state index contributed by atoms with van der Waals surface area (Å²) in [4.78, 5) is 11.2. The van der Waals surface area contributed by atoms with Gasteiger partial charge in [0.05, 0.1) is 10.5 Å². The highest BCUT2D eigenvalue weighted by atomic mass is 32.2. The lowest BCUT2D eigenvalue weighted by atomic mass is 9.98. The molecule has 6 heteroatoms. The Bertz CT molecular complexity index is 863. The average molecular weight is 347 g/mol. The third-order valence-corrected chi connectivity index (χ3v) is 5.16. The first-order valence-corrected chi connectivity index (χ1v) is 8.96. The van der Waals surface area contributed by atoms with Gasteiger partial charge in [-0.1, -0.05) is 18.2 Å². The molecule has 0 bridgehead atoms. The van der Waals surface area contributed by atoms with E-state index in [1.165, 1.54) is 6.07 Å². The van der Waals surface area contributed by atoms with Gasteiger partial charge in [0.15, 0.2) is 0 Å². The Kier molecular flexibility index (Phi) is 4.82. The van der Waals surface area contributed by atoms with Crippen molar-refractivity contribution < 1.29 is 18.3 Å². The molecule has 0 aliphatic carbocycles. The molecule has 128 valence electrons. The summed E-state index contributed by atoms with van der Waals surface area (Å²) in [6.45, 7) is 7.18. The van der Waals surface area contributed by atoms with Gasteiger partial charge in [-0.3, -0.25) is 0 Å². The van der Waals surface area contributed by atoms with E-state index in [0.717, 1.165) is 16.7 Å². The Labute approximate surface area is 142 Å². The molecule has 0 fully saturated rings. The van der Waals surface area contributed by atoms with E-state index in [1.54, 1.807) is 57.2 Å². The lowest BCUT2D eigenvalue weighted by Gasteiger charge is -2.20. The predicted molar refractivity (Wildman–Crippen MR) is 93.6 cm³/mol. The maximum Gasteiger partial charge on any atom is 0.335 e. The summed E-state index contributed by atoms with van der Waals surface area (Å²) >= 11 is 0. The monoisotopic (exact) mass is 347 g/mol. The van der Waals surface area contributed by atoms with Gasteiger partial charge in [0.2, 0.25) is 10.0 Å². The Morgan fingerprint density at radius 1 is 1.04 bits per heavy atom. The number of aryl methyl sites for hydroxylation is 1. The molecule has 0 heterocycles. The van der Waals surface area contributed by atoms with Crippen molar-refractivity contribution in [1.29, 1.82) is 0 Å². The van der Waals surface area contributed by atoms with Crippen LogP contribution >= 0.6 is 0 Å². The first kappa shape index (κ1) is 18.2. The number of benzene rings is 2. The molecule has 0 aliphatic heterocycles. The molecule has 24 heavy (non-hydrogen) atoms. The largest absolute Gasteiger partial charge is 0.478 e. The van der Waals surface area contributed by atoms with Gasteiger partial charge in [0, 0.05) is 5.54 Å². The van der Waals surface area contributed by atoms with Crippen LogP contribution in [0.4, 0.5) is 0 Å². The molecule has 0 aromatic heterocycles. The molecular weight excluding hydrogens is 326 g/mol. The molecular formula is C18H21NO4S. The first-order valence-electron chi connectivity index (χ1n) is 7.48. The summed E-state index contributed by atoms with van der Waals surface area (Å²) in [6.07, 6.45) is 0. The third-order valence-electron chi connectivity index (χ3n) is 3.39. The number of carbonyl (C=O) groups is 1. The SMILES string of the molecule is Cc1cc(C(=O)O)ccc1-c1ccc(S(=O)(=O)NC(C)(C)C)cc1. The minimum absolute atomic E-state index is 0.195. The van der Waals surface area contributed by atoms with Crippen LogP contribution in [0.25, 0.3) is 11.1 Å². The van der Waals surface area contributed by atoms with Crippen molar-refractivity contribution in [3.8, 4) is 11.1 Å². The summed E-state index contributed by atoms with van der Waals surface area (Å²) in [5, 5.41) is 9.02. The predicted octanol–water partition coefficient (Wildman–Crippen LogP) is 3.44. The highest BCUT2D eigenvalue weighted by Crippen LogP contribution is 2.26. The number of carboxylic acid groups (broad SMARTS) is 1. The van der Waals surface area contributed by atoms with Gasteiger partial charge < -0.3 is 5.11 Å². The molecule has 2 rings (SSSR count). The number of carboxylic acids is 1. The van der Waals surface area contributed by atoms with Crippen molar-refractivity contribution in [3.05, 3.63) is 53.6 Å². The number of sulfonamides is 1. The van der Waals surface area contributed by atoms with Gasteiger partial charge in [0.25, 0.3) is 0 Å². The van der Waals surface area contributed by atoms with E-state index in [2.05, 4.69) is 4.72 Å². The van der Waals surface area contributed by atoms with E-state index >= 15 is 0 Å². The van der Waals surface area contributed by atoms with Gasteiger partial charge in [-0.25, -0.2) is 17.9 Å². The van der Waals surface area contributed by atoms with Gasteiger partial charge in [0.1, 0.15) is 0 Å². The molecule has 0 saturated carbocycles. The lowest BCUT2D eigenvalue weighted by Crippen LogP contribution is -2.40. The maximum absolute atomic E-state index is 12.3. The summed E-state index contributed by atoms with van der Waals surface area (Å²) in [7, 11) is -3.57. The van der Waals surface area contributed by atoms with Gasteiger partial charge in [-0.05, 0) is 68.7 Å². The van der Waals surface area contributed by atoms with Crippen LogP contribution in [0.15, 0.2) is 47.4 Å². The second kappa shape index (κ2) is 6.37. The number of hydrogen-bond acceptors (Lipinski definition) is 3. The zero-order valence-corrected chi connectivity index (χ0v) is 14.9. The second-order valence-electron chi connectivity index (χ2n) is 6.71. The first-order chi connectivity index (χ1) is 11.0. The molecule has 0 atom stereocenters. The molecule has 5 nitrogen and oxygen atoms in total. The van der Waals surface area contributed by atoms with Crippen LogP contribution in [0.1, 0.15) is 36.7 Å². The van der Waals surface area contributed by atoms with Crippen molar-refractivity contribution in [2.75, 3.05) is 0 Å². The zero-order chi connectivity index (χ0) is 18.1. The number of rotatable bonds is 4. The molecule has 2 N–H and O–H groups in total. The Hall–Kier alpha value is -2.18. The zero-order valence-electron chi connectivity index (χ0n) is 14.1. The normalized spacial score (nSPS) is 12.2. The maximum atomic E-state index is 12.3. The minimum Gasteiger partial charge on any atom is -0.478 e. The fourth-order valence-electron chi connectivity index (χ4n) is 2.40. The topological polar surface area (TPSA) is 83.5 Å². The third kappa shape index (κ3) is 4.21. The van der Waals surface area contributed by atoms with Crippen LogP contribution < -0.4 is 4.72 Å². The van der Waals surface area contributed by atoms with E-state index < -0.39 is 21.5 Å². The van der Waals surface area contributed by atoms with E-state index in [9.17, 15) is 13.2 Å². The Morgan fingerprint density at radius 2 is 1.62 bits per heavy atom. The Balaban J connectivity index is 2.35. The summed E-state index contributed by atoms with van der Waals surface area (Å²) in [5.41, 5.74) is 2.19. The second-order valence-corrected chi connectivity index (χ2v) is 8.40. The minimum atomic E-state index is -3.57. The molecule has 0 spiro atoms. The van der Waals surface area contributed by atoms with Crippen LogP contribution in [-0.2, 0) is 10.0 Å². The fraction of sp³-hybridized carbons (Fsp3) is 0.278. The van der Waals surface area contributed by atoms with E-state index in [0.29, 0.717) is 0 Å². The van der Waals surface area contributed by atoms with Crippen molar-refractivity contribution >= 4 is 16.0 Å². The van der Waals surface area contributed by atoms with Gasteiger partial charge in [-0.2, -0.15) is 0 Å². The average Bonchev–Trinajstić information content (AvgIpc) is 2.44. The number of aromatic carboxylic acids is 1. The van der Waals surface area contributed by atoms with E-state index in [-0.39, 0.29) is 10.5 Å². The molecule has 2 aromatic carbocycles. The van der Waals surface area contributed by atoms with Crippen LogP contribution in [0, 0.1) is 6.92 Å². The van der Waals surface area contributed by atoms with Crippen LogP contribution in [-0.4, -0.2) is 25.0 Å². The number of hydrogen-bond donors (Lipinski definition) is 2. The van der Waals surface area contributed by atoms with Crippen molar-refractivity contribution in [2.45, 2.75) is 38.1 Å². The van der Waals surface area contributed by atoms with Crippen LogP contribution in [0.5, 0.6) is 0 Å². The summed E-state index contributed by atoms with van der Waals surface area (Å²) < 4.78 is 27.2. The lowest BCUT2D eigenvalue weighted by molar-refractivity contribution is 0.0696. The van der Waals surface area contributed by atoms with Crippen molar-refractivity contribution in [3.63, 3.8) is 0 Å². The van der Waals surface area contributed by atoms with Gasteiger partial charge in [-0.15, -0.1) is 0 Å². The molecule has 0 aliphatic rings. The van der Waals surface area contributed by atoms with E-state index in [1.807, 2.05) is 6.92 Å². The van der Waals surface area contributed by atoms with Crippen molar-refractivity contribution in [1.82, 2.24) is 4.72 Å². The molecule has 0 radical (unpaired) electrons. The highest BCUT2D eigenvalue weighted by Gasteiger charge is 2.21. The Morgan fingerprint density at radius 3 is 2.08 bits per heavy atom. The smallest absolute Gasteiger partial charge is 0.335 e. The highest BCUT2D eigenvalue weighted by molar-refractivity contribution is 7.89. The molecule has 0 unspecified atom stereocenters. The molecule has 2 aromatic rings. The van der Waals surface area contributed by atoms with Crippen LogP contribution in [0.3, 0.4) is 0 Å². The van der Waals surface area contributed by atoms with Crippen molar-refractivity contribution in [2.24, 2.45) is 0 Å². The standard InChI is InChI=1S/C18H21NO4S/c1-12-11-14(17(20)21)7-10-16(12)13-5-8-15(9-6-13)24(22,23)19-18(2,3)4/h5-11,19H,1-4H3,(H,20,21). The van der Waals surface area contributed by atoms with Crippen LogP contribution in [0.2, 0.25) is 0 Å².